The summed E-state index contributed by atoms with van der Waals surface area (Å²) in [6, 6.07) is 7.55. The highest BCUT2D eigenvalue weighted by Crippen LogP contribution is 2.62. The molecule has 12 heteroatoms. The fourth-order valence-corrected chi connectivity index (χ4v) is 6.85. The Kier molecular flexibility index (Phi) is 8.83. The van der Waals surface area contributed by atoms with Crippen molar-refractivity contribution in [1.82, 2.24) is 19.8 Å². The number of carboxylic acid groups (broad SMARTS) is 1. The Morgan fingerprint density at radius 3 is 1.85 bits per heavy atom. The second-order valence-corrected chi connectivity index (χ2v) is 10.5. The van der Waals surface area contributed by atoms with Crippen LogP contribution in [0, 0.1) is 10.8 Å². The van der Waals surface area contributed by atoms with Crippen molar-refractivity contribution in [3.8, 4) is 0 Å². The molecule has 0 aromatic carbocycles. The van der Waals surface area contributed by atoms with Gasteiger partial charge in [0.15, 0.2) is 0 Å². The van der Waals surface area contributed by atoms with Gasteiger partial charge in [0.25, 0.3) is 0 Å². The maximum atomic E-state index is 13.9. The van der Waals surface area contributed by atoms with E-state index >= 15 is 0 Å². The molecule has 12 nitrogen and oxygen atoms in total. The maximum Gasteiger partial charge on any atom is 0.320 e. The number of rotatable bonds is 10. The third-order valence-electron chi connectivity index (χ3n) is 8.42. The van der Waals surface area contributed by atoms with E-state index in [0.717, 1.165) is 0 Å². The van der Waals surface area contributed by atoms with Gasteiger partial charge in [-0.1, -0.05) is 18.6 Å². The predicted octanol–water partition coefficient (Wildman–Crippen LogP) is 0.782. The summed E-state index contributed by atoms with van der Waals surface area (Å²) >= 11 is 0. The van der Waals surface area contributed by atoms with Crippen LogP contribution in [0.2, 0.25) is 0 Å². The lowest BCUT2D eigenvalue weighted by atomic mass is 9.53. The summed E-state index contributed by atoms with van der Waals surface area (Å²) < 4.78 is 10.6. The first-order valence-electron chi connectivity index (χ1n) is 13.3. The van der Waals surface area contributed by atoms with Gasteiger partial charge in [-0.05, 0) is 50.7 Å². The fraction of sp³-hybridized carbons (Fsp3) is 0.536. The van der Waals surface area contributed by atoms with Gasteiger partial charge in [0, 0.05) is 25.5 Å². The molecule has 0 amide bonds. The topological polar surface area (TPSA) is 168 Å². The molecule has 2 fully saturated rings. The van der Waals surface area contributed by atoms with Gasteiger partial charge in [-0.15, -0.1) is 0 Å². The average Bonchev–Trinajstić information content (AvgIpc) is 2.96. The van der Waals surface area contributed by atoms with Crippen LogP contribution in [0.15, 0.2) is 48.8 Å². The van der Waals surface area contributed by atoms with Crippen molar-refractivity contribution in [2.75, 3.05) is 40.9 Å². The van der Waals surface area contributed by atoms with E-state index in [1.807, 2.05) is 4.90 Å². The predicted molar refractivity (Wildman–Crippen MR) is 143 cm³/mol. The molecule has 4 rings (SSSR count). The highest BCUT2D eigenvalue weighted by atomic mass is 16.5. The molecule has 6 atom stereocenters. The van der Waals surface area contributed by atoms with Gasteiger partial charge in [-0.25, -0.2) is 0 Å². The second-order valence-electron chi connectivity index (χ2n) is 10.5. The zero-order valence-corrected chi connectivity index (χ0v) is 23.0. The van der Waals surface area contributed by atoms with Gasteiger partial charge < -0.3 is 25.4 Å². The number of aliphatic carboxylic acids is 1. The van der Waals surface area contributed by atoms with Crippen LogP contribution in [-0.2, 0) is 23.9 Å². The van der Waals surface area contributed by atoms with E-state index in [1.165, 1.54) is 14.2 Å². The van der Waals surface area contributed by atoms with Crippen molar-refractivity contribution in [3.63, 3.8) is 0 Å². The lowest BCUT2D eigenvalue weighted by Crippen LogP contribution is -2.78. The molecule has 0 aliphatic carbocycles. The second kappa shape index (κ2) is 12.0. The monoisotopic (exact) mass is 555 g/mol. The Morgan fingerprint density at radius 2 is 1.48 bits per heavy atom. The van der Waals surface area contributed by atoms with E-state index in [2.05, 4.69) is 9.97 Å². The molecule has 4 heterocycles. The summed E-state index contributed by atoms with van der Waals surface area (Å²) in [4.78, 5) is 53.0. The number of unbranched alkanes of at least 4 members (excludes halogenated alkanes) is 1. The standard InChI is InChI=1S/C28H37N5O7/c1-32-21(18-10-5-8-14-30-18)27(25(37)39-2)16-33(20(23(34)35)12-4-7-13-29)17-28(24(27)36,26(38)40-3)22(32)19-11-6-9-15-31-19/h5-6,8-11,14-15,20-22,24,36H,4,7,12-13,16-17,29H2,1-3H3,(H,34,35)/t20-,21+,22?,24+,27?,28?/m0/s1. The summed E-state index contributed by atoms with van der Waals surface area (Å²) in [6.07, 6.45) is 2.88. The van der Waals surface area contributed by atoms with Crippen molar-refractivity contribution >= 4 is 17.9 Å². The van der Waals surface area contributed by atoms with Crippen molar-refractivity contribution in [2.24, 2.45) is 16.6 Å². The maximum absolute atomic E-state index is 13.9. The first-order valence-corrected chi connectivity index (χ1v) is 13.3. The van der Waals surface area contributed by atoms with Crippen LogP contribution in [0.4, 0.5) is 0 Å². The molecule has 2 aromatic heterocycles. The molecule has 216 valence electrons. The minimum Gasteiger partial charge on any atom is -0.480 e. The van der Waals surface area contributed by atoms with Gasteiger partial charge in [0.2, 0.25) is 0 Å². The smallest absolute Gasteiger partial charge is 0.320 e. The quantitative estimate of drug-likeness (QED) is 0.279. The van der Waals surface area contributed by atoms with E-state index in [0.29, 0.717) is 30.8 Å². The number of nitrogens with zero attached hydrogens (tertiary/aromatic N) is 4. The first kappa shape index (κ1) is 29.5. The molecule has 2 saturated heterocycles. The molecule has 2 aliphatic heterocycles. The number of aliphatic hydroxyl groups is 1. The van der Waals surface area contributed by atoms with Crippen LogP contribution in [0.3, 0.4) is 0 Å². The third-order valence-corrected chi connectivity index (χ3v) is 8.42. The van der Waals surface area contributed by atoms with Crippen LogP contribution in [0.1, 0.15) is 42.7 Å². The number of carboxylic acids is 1. The number of esters is 2. The van der Waals surface area contributed by atoms with E-state index in [9.17, 15) is 24.6 Å². The minimum atomic E-state index is -1.81. The third kappa shape index (κ3) is 4.64. The molecule has 0 spiro atoms. The van der Waals surface area contributed by atoms with Crippen LogP contribution in [-0.4, -0.2) is 101 Å². The number of aromatic nitrogens is 2. The molecule has 0 saturated carbocycles. The number of nitrogens with two attached hydrogens (primary N) is 1. The normalized spacial score (nSPS) is 29.4. The number of carbonyl (C=O) groups is 3. The molecule has 2 bridgehead atoms. The van der Waals surface area contributed by atoms with Crippen LogP contribution in [0.25, 0.3) is 0 Å². The largest absolute Gasteiger partial charge is 0.480 e. The van der Waals surface area contributed by atoms with E-state index in [4.69, 9.17) is 15.2 Å². The Morgan fingerprint density at radius 1 is 0.975 bits per heavy atom. The SMILES string of the molecule is COC(=O)C12CN([C@@H](CCCCN)C(=O)O)CC(C(=O)OC)([C@@H](c3ccccn3)N(C)C1c1ccccn1)[C@H]2O. The molecule has 2 aromatic rings. The van der Waals surface area contributed by atoms with Gasteiger partial charge in [-0.3, -0.25) is 34.2 Å². The fourth-order valence-electron chi connectivity index (χ4n) is 6.85. The zero-order valence-electron chi connectivity index (χ0n) is 23.0. The number of hydrogen-bond donors (Lipinski definition) is 3. The van der Waals surface area contributed by atoms with Crippen molar-refractivity contribution < 1.29 is 34.1 Å². The molecule has 4 N–H and O–H groups in total. The number of fused-ring (bicyclic) bond motifs is 2. The number of hydrogen-bond acceptors (Lipinski definition) is 11. The number of ether oxygens (including phenoxy) is 2. The number of likely N-dealkylation sites (tertiary alicyclic amines) is 2. The van der Waals surface area contributed by atoms with Crippen molar-refractivity contribution in [3.05, 3.63) is 60.2 Å². The molecular weight excluding hydrogens is 518 g/mol. The summed E-state index contributed by atoms with van der Waals surface area (Å²) in [7, 11) is 4.16. The Bertz CT molecular complexity index is 1120. The molecule has 3 unspecified atom stereocenters. The van der Waals surface area contributed by atoms with Crippen LogP contribution < -0.4 is 5.73 Å². The van der Waals surface area contributed by atoms with Crippen molar-refractivity contribution in [1.29, 1.82) is 0 Å². The Balaban J connectivity index is 2.04. The summed E-state index contributed by atoms with van der Waals surface area (Å²) in [5.41, 5.74) is 2.95. The van der Waals surface area contributed by atoms with E-state index in [1.54, 1.807) is 60.7 Å². The first-order chi connectivity index (χ1) is 19.2. The Labute approximate surface area is 233 Å². The number of methoxy groups -OCH3 is 2. The molecular formula is C28H37N5O7. The average molecular weight is 556 g/mol. The molecule has 0 radical (unpaired) electrons. The molecule has 2 aliphatic rings. The van der Waals surface area contributed by atoms with Gasteiger partial charge in [0.1, 0.15) is 16.9 Å². The number of pyridine rings is 2. The summed E-state index contributed by atoms with van der Waals surface area (Å²) in [6.45, 7) is 0.0108. The van der Waals surface area contributed by atoms with Gasteiger partial charge in [-0.2, -0.15) is 0 Å². The van der Waals surface area contributed by atoms with Crippen molar-refractivity contribution in [2.45, 2.75) is 43.5 Å². The zero-order chi connectivity index (χ0) is 29.1. The van der Waals surface area contributed by atoms with Gasteiger partial charge in [0.05, 0.1) is 43.8 Å². The van der Waals surface area contributed by atoms with E-state index in [-0.39, 0.29) is 19.5 Å². The van der Waals surface area contributed by atoms with Crippen LogP contribution >= 0.6 is 0 Å². The summed E-state index contributed by atoms with van der Waals surface area (Å²) in [5.74, 6) is -2.68. The number of carbonyl (C=O) groups excluding carboxylic acids is 2. The lowest BCUT2D eigenvalue weighted by Gasteiger charge is -2.64. The Hall–Kier alpha value is -3.45. The number of aliphatic hydroxyl groups excluding tert-OH is 1. The van der Waals surface area contributed by atoms with Gasteiger partial charge >= 0.3 is 17.9 Å². The number of piperidine rings is 2. The highest BCUT2D eigenvalue weighted by Gasteiger charge is 2.75. The highest BCUT2D eigenvalue weighted by molar-refractivity contribution is 5.86. The summed E-state index contributed by atoms with van der Waals surface area (Å²) in [5, 5.41) is 22.7. The van der Waals surface area contributed by atoms with Crippen LogP contribution in [0.5, 0.6) is 0 Å². The lowest BCUT2D eigenvalue weighted by molar-refractivity contribution is -0.253. The van der Waals surface area contributed by atoms with E-state index < -0.39 is 53.0 Å². The molecule has 40 heavy (non-hydrogen) atoms. The minimum absolute atomic E-state index is 0.195.